The highest BCUT2D eigenvalue weighted by molar-refractivity contribution is 5.97. The van der Waals surface area contributed by atoms with Gasteiger partial charge in [-0.1, -0.05) is 82.3 Å². The molecule has 1 aliphatic heterocycles. The molecule has 0 aromatic heterocycles. The SMILES string of the molecule is C=CC(C)C(NC)C(=O)O.CC(C)C.CN(CCCCC=O)C(=O)CNC(=O)OC1CCCC1.O=C1NCc2cccc(-c3ccccc3)c2N1. The van der Waals surface area contributed by atoms with Crippen molar-refractivity contribution < 1.29 is 33.8 Å². The van der Waals surface area contributed by atoms with Gasteiger partial charge in [0.15, 0.2) is 0 Å². The zero-order chi connectivity index (χ0) is 38.2. The third-order valence-corrected chi connectivity index (χ3v) is 7.84. The summed E-state index contributed by atoms with van der Waals surface area (Å²) in [6.07, 6.45) is 8.10. The van der Waals surface area contributed by atoms with Crippen LogP contribution >= 0.6 is 0 Å². The van der Waals surface area contributed by atoms with Crippen LogP contribution in [0.25, 0.3) is 11.1 Å². The van der Waals surface area contributed by atoms with Crippen molar-refractivity contribution >= 4 is 36.0 Å². The van der Waals surface area contributed by atoms with Crippen LogP contribution in [0.5, 0.6) is 0 Å². The number of aldehydes is 1. The van der Waals surface area contributed by atoms with Gasteiger partial charge < -0.3 is 40.8 Å². The quantitative estimate of drug-likeness (QED) is 0.0880. The van der Waals surface area contributed by atoms with Gasteiger partial charge in [-0.25, -0.2) is 9.59 Å². The topological polar surface area (TPSA) is 166 Å². The predicted octanol–water partition coefficient (Wildman–Crippen LogP) is 6.61. The van der Waals surface area contributed by atoms with Crippen LogP contribution in [0.4, 0.5) is 15.3 Å². The molecule has 12 heteroatoms. The van der Waals surface area contributed by atoms with Gasteiger partial charge in [-0.05, 0) is 68.5 Å². The van der Waals surface area contributed by atoms with Crippen molar-refractivity contribution in [1.82, 2.24) is 20.9 Å². The highest BCUT2D eigenvalue weighted by Crippen LogP contribution is 2.32. The molecule has 0 radical (unpaired) electrons. The highest BCUT2D eigenvalue weighted by Gasteiger charge is 2.21. The van der Waals surface area contributed by atoms with Gasteiger partial charge in [0.1, 0.15) is 25.0 Å². The molecule has 2 atom stereocenters. The van der Waals surface area contributed by atoms with Crippen LogP contribution in [0.3, 0.4) is 0 Å². The van der Waals surface area contributed by atoms with Crippen LogP contribution in [0.1, 0.15) is 78.2 Å². The van der Waals surface area contributed by atoms with Crippen molar-refractivity contribution in [3.05, 3.63) is 66.7 Å². The fourth-order valence-corrected chi connectivity index (χ4v) is 5.02. The van der Waals surface area contributed by atoms with Crippen LogP contribution in [-0.2, 0) is 25.7 Å². The number of likely N-dealkylation sites (N-methyl/N-ethyl adjacent to an activating group) is 2. The van der Waals surface area contributed by atoms with Crippen LogP contribution in [0.2, 0.25) is 0 Å². The fraction of sp³-hybridized carbons (Fsp3) is 0.513. The predicted molar refractivity (Wildman–Crippen MR) is 202 cm³/mol. The lowest BCUT2D eigenvalue weighted by Crippen LogP contribution is -2.39. The smallest absolute Gasteiger partial charge is 0.407 e. The summed E-state index contributed by atoms with van der Waals surface area (Å²) in [5, 5.41) is 19.4. The first-order valence-electron chi connectivity index (χ1n) is 17.7. The number of hydrogen-bond donors (Lipinski definition) is 5. The van der Waals surface area contributed by atoms with Crippen molar-refractivity contribution in [3.63, 3.8) is 0 Å². The molecule has 2 unspecified atom stereocenters. The molecule has 1 saturated carbocycles. The Morgan fingerprint density at radius 3 is 2.24 bits per heavy atom. The van der Waals surface area contributed by atoms with E-state index in [1.807, 2.05) is 55.5 Å². The molecule has 4 amide bonds. The number of carboxylic acid groups (broad SMARTS) is 1. The molecule has 0 saturated heterocycles. The van der Waals surface area contributed by atoms with Crippen LogP contribution in [0.15, 0.2) is 61.2 Å². The van der Waals surface area contributed by atoms with Crippen molar-refractivity contribution in [2.45, 2.75) is 91.3 Å². The molecule has 2 aliphatic rings. The van der Waals surface area contributed by atoms with Gasteiger partial charge in [0, 0.05) is 32.1 Å². The van der Waals surface area contributed by atoms with Gasteiger partial charge in [0.2, 0.25) is 5.91 Å². The number of urea groups is 1. The number of alkyl carbamates (subject to hydrolysis) is 1. The molecule has 1 heterocycles. The summed E-state index contributed by atoms with van der Waals surface area (Å²) in [6.45, 7) is 12.9. The molecule has 12 nitrogen and oxygen atoms in total. The second-order valence-electron chi connectivity index (χ2n) is 13.1. The molecule has 51 heavy (non-hydrogen) atoms. The number of unbranched alkanes of at least 4 members (excludes halogenated alkanes) is 2. The molecule has 2 aromatic rings. The first kappa shape index (κ1) is 44.3. The summed E-state index contributed by atoms with van der Waals surface area (Å²) < 4.78 is 5.19. The molecule has 282 valence electrons. The largest absolute Gasteiger partial charge is 0.480 e. The maximum absolute atomic E-state index is 11.7. The number of fused-ring (bicyclic) bond motifs is 1. The Hall–Kier alpha value is -4.71. The summed E-state index contributed by atoms with van der Waals surface area (Å²) in [4.78, 5) is 56.7. The van der Waals surface area contributed by atoms with Crippen LogP contribution < -0.4 is 21.3 Å². The summed E-state index contributed by atoms with van der Waals surface area (Å²) >= 11 is 0. The van der Waals surface area contributed by atoms with Gasteiger partial charge in [-0.2, -0.15) is 0 Å². The Morgan fingerprint density at radius 1 is 1.04 bits per heavy atom. The van der Waals surface area contributed by atoms with E-state index in [9.17, 15) is 24.0 Å². The Morgan fingerprint density at radius 2 is 1.69 bits per heavy atom. The molecule has 4 rings (SSSR count). The third-order valence-electron chi connectivity index (χ3n) is 7.84. The Bertz CT molecular complexity index is 1360. The van der Waals surface area contributed by atoms with Gasteiger partial charge in [-0.15, -0.1) is 6.58 Å². The molecule has 1 aliphatic carbocycles. The number of rotatable bonds is 13. The number of aliphatic carboxylic acids is 1. The van der Waals surface area contributed by atoms with Gasteiger partial charge in [0.05, 0.1) is 5.69 Å². The minimum atomic E-state index is -0.838. The van der Waals surface area contributed by atoms with Crippen molar-refractivity contribution in [3.8, 4) is 11.1 Å². The minimum absolute atomic E-state index is 0.00572. The normalized spacial score (nSPS) is 14.1. The number of para-hydroxylation sites is 1. The van der Waals surface area contributed by atoms with Gasteiger partial charge in [-0.3, -0.25) is 9.59 Å². The van der Waals surface area contributed by atoms with Crippen molar-refractivity contribution in [2.24, 2.45) is 11.8 Å². The number of amides is 4. The maximum Gasteiger partial charge on any atom is 0.407 e. The zero-order valence-corrected chi connectivity index (χ0v) is 31.2. The second-order valence-corrected chi connectivity index (χ2v) is 13.1. The van der Waals surface area contributed by atoms with Gasteiger partial charge >= 0.3 is 18.1 Å². The fourth-order valence-electron chi connectivity index (χ4n) is 5.02. The Kier molecular flexibility index (Phi) is 22.0. The highest BCUT2D eigenvalue weighted by atomic mass is 16.6. The number of nitrogens with one attached hydrogen (secondary N) is 4. The average Bonchev–Trinajstić information content (AvgIpc) is 3.62. The van der Waals surface area contributed by atoms with E-state index < -0.39 is 18.1 Å². The summed E-state index contributed by atoms with van der Waals surface area (Å²) in [5.74, 6) is -0.197. The van der Waals surface area contributed by atoms with Crippen LogP contribution in [0, 0.1) is 11.8 Å². The van der Waals surface area contributed by atoms with E-state index in [0.29, 0.717) is 19.5 Å². The first-order valence-corrected chi connectivity index (χ1v) is 17.7. The van der Waals surface area contributed by atoms with E-state index >= 15 is 0 Å². The van der Waals surface area contributed by atoms with E-state index in [0.717, 1.165) is 73.1 Å². The maximum atomic E-state index is 11.7. The van der Waals surface area contributed by atoms with Crippen molar-refractivity contribution in [2.75, 3.05) is 32.5 Å². The lowest BCUT2D eigenvalue weighted by Gasteiger charge is -2.21. The summed E-state index contributed by atoms with van der Waals surface area (Å²) in [6, 6.07) is 15.5. The number of benzene rings is 2. The monoisotopic (exact) mass is 709 g/mol. The number of carbonyl (C=O) groups excluding carboxylic acids is 4. The average molecular weight is 710 g/mol. The van der Waals surface area contributed by atoms with E-state index in [4.69, 9.17) is 9.84 Å². The molecule has 0 spiro atoms. The Balaban J connectivity index is 0.000000379. The second kappa shape index (κ2) is 25.3. The molecule has 2 aromatic carbocycles. The molecular formula is C39H59N5O7. The lowest BCUT2D eigenvalue weighted by atomic mass is 9.99. The van der Waals surface area contributed by atoms with E-state index in [-0.39, 0.29) is 30.5 Å². The zero-order valence-electron chi connectivity index (χ0n) is 31.2. The molecule has 5 N–H and O–H groups in total. The summed E-state index contributed by atoms with van der Waals surface area (Å²) in [5.41, 5.74) is 4.22. The van der Waals surface area contributed by atoms with Gasteiger partial charge in [0.25, 0.3) is 0 Å². The Labute approximate surface area is 303 Å². The third kappa shape index (κ3) is 18.2. The molecule has 1 fully saturated rings. The number of ether oxygens (including phenoxy) is 1. The number of anilines is 1. The van der Waals surface area contributed by atoms with E-state index in [1.54, 1.807) is 25.1 Å². The number of carboxylic acids is 1. The number of carbonyl (C=O) groups is 5. The van der Waals surface area contributed by atoms with E-state index in [1.165, 1.54) is 0 Å². The number of nitrogens with zero attached hydrogens (tertiary/aromatic N) is 1. The standard InChI is InChI=1S/C14H24N2O4.C14H12N2O.C7H13NO2.C4H10/c1-16(9-5-2-6-10-17)13(18)11-15-14(19)20-12-7-3-4-8-12;17-14-15-9-11-7-4-8-12(13(11)16-14)10-5-2-1-3-6-10;1-4-5(2)6(8-3)7(9)10;1-4(2)3/h10,12H,2-9,11H2,1H3,(H,15,19);1-8H,9H2,(H2,15,16,17);4-6,8H,1H2,2-3H3,(H,9,10);4H,1-3H3. The number of hydrogen-bond acceptors (Lipinski definition) is 7. The van der Waals surface area contributed by atoms with E-state index in [2.05, 4.69) is 48.6 Å². The first-order chi connectivity index (χ1) is 24.3. The lowest BCUT2D eigenvalue weighted by molar-refractivity contribution is -0.140. The molecular weight excluding hydrogens is 650 g/mol. The molecule has 0 bridgehead atoms. The summed E-state index contributed by atoms with van der Waals surface area (Å²) in [7, 11) is 3.31. The minimum Gasteiger partial charge on any atom is -0.480 e. The van der Waals surface area contributed by atoms with Crippen molar-refractivity contribution in [1.29, 1.82) is 0 Å². The van der Waals surface area contributed by atoms with Crippen LogP contribution in [-0.4, -0.2) is 79.6 Å².